The number of aromatic nitrogens is 1. The molecule has 0 amide bonds. The summed E-state index contributed by atoms with van der Waals surface area (Å²) in [4.78, 5) is 11.8. The van der Waals surface area contributed by atoms with E-state index in [4.69, 9.17) is 14.1 Å². The van der Waals surface area contributed by atoms with E-state index in [0.29, 0.717) is 19.0 Å². The van der Waals surface area contributed by atoms with Crippen LogP contribution in [0.2, 0.25) is 0 Å². The summed E-state index contributed by atoms with van der Waals surface area (Å²) in [5.74, 6) is 3.56. The molecule has 7 nitrogen and oxygen atoms in total. The Morgan fingerprint density at radius 1 is 1.12 bits per heavy atom. The van der Waals surface area contributed by atoms with Crippen molar-refractivity contribution in [1.82, 2.24) is 10.3 Å². The van der Waals surface area contributed by atoms with Gasteiger partial charge < -0.3 is 24.7 Å². The van der Waals surface area contributed by atoms with Gasteiger partial charge in [0.05, 0.1) is 18.9 Å². The number of nitrogens with zero attached hydrogens (tertiary/aromatic N) is 3. The quantitative estimate of drug-likeness (QED) is 0.200. The summed E-state index contributed by atoms with van der Waals surface area (Å²) in [7, 11) is 0. The van der Waals surface area contributed by atoms with Gasteiger partial charge in [-0.05, 0) is 74.7 Å². The zero-order valence-corrected chi connectivity index (χ0v) is 22.2. The Hall–Kier alpha value is -2.75. The van der Waals surface area contributed by atoms with Crippen LogP contribution < -0.4 is 20.3 Å². The molecule has 0 radical (unpaired) electrons. The van der Waals surface area contributed by atoms with Crippen molar-refractivity contribution in [2.24, 2.45) is 4.99 Å². The van der Waals surface area contributed by atoms with Crippen LogP contribution in [0.5, 0.6) is 5.75 Å². The fourth-order valence-corrected chi connectivity index (χ4v) is 3.74. The summed E-state index contributed by atoms with van der Waals surface area (Å²) in [5.41, 5.74) is 2.02. The number of nitrogens with one attached hydrogen (secondary N) is 2. The Morgan fingerprint density at radius 3 is 2.56 bits per heavy atom. The second-order valence-corrected chi connectivity index (χ2v) is 8.46. The molecule has 1 aliphatic rings. The number of aliphatic imine (C=N–C) groups is 1. The number of hydrogen-bond donors (Lipinski definition) is 2. The van der Waals surface area contributed by atoms with Gasteiger partial charge in [0, 0.05) is 37.9 Å². The molecule has 0 spiro atoms. The SMILES string of the molecule is CC(C)Oc1ccc(NC(=NCc2ccc(N3CCCC3)nc2)NCCc2ccco2)cc1.I. The highest BCUT2D eigenvalue weighted by atomic mass is 127. The predicted molar refractivity (Wildman–Crippen MR) is 148 cm³/mol. The minimum absolute atomic E-state index is 0. The number of benzene rings is 1. The van der Waals surface area contributed by atoms with Crippen LogP contribution in [0.1, 0.15) is 38.0 Å². The van der Waals surface area contributed by atoms with Crippen LogP contribution >= 0.6 is 24.0 Å². The van der Waals surface area contributed by atoms with E-state index in [1.165, 1.54) is 12.8 Å². The van der Waals surface area contributed by atoms with Gasteiger partial charge in [-0.3, -0.25) is 0 Å². The van der Waals surface area contributed by atoms with E-state index < -0.39 is 0 Å². The molecule has 0 saturated carbocycles. The Balaban J connectivity index is 0.00000324. The van der Waals surface area contributed by atoms with E-state index >= 15 is 0 Å². The highest BCUT2D eigenvalue weighted by Gasteiger charge is 2.13. The number of anilines is 2. The maximum Gasteiger partial charge on any atom is 0.196 e. The molecule has 34 heavy (non-hydrogen) atoms. The molecule has 2 aromatic heterocycles. The Morgan fingerprint density at radius 2 is 1.91 bits per heavy atom. The van der Waals surface area contributed by atoms with Crippen molar-refractivity contribution in [3.63, 3.8) is 0 Å². The lowest BCUT2D eigenvalue weighted by Crippen LogP contribution is -2.32. The number of ether oxygens (including phenoxy) is 1. The largest absolute Gasteiger partial charge is 0.491 e. The lowest BCUT2D eigenvalue weighted by molar-refractivity contribution is 0.242. The number of furan rings is 1. The molecule has 4 rings (SSSR count). The average Bonchev–Trinajstić information content (AvgIpc) is 3.53. The second kappa shape index (κ2) is 13.2. The highest BCUT2D eigenvalue weighted by Crippen LogP contribution is 2.19. The molecule has 0 atom stereocenters. The van der Waals surface area contributed by atoms with Crippen molar-refractivity contribution in [3.8, 4) is 5.75 Å². The monoisotopic (exact) mass is 575 g/mol. The molecular weight excluding hydrogens is 541 g/mol. The van der Waals surface area contributed by atoms with Gasteiger partial charge in [-0.15, -0.1) is 24.0 Å². The fourth-order valence-electron chi connectivity index (χ4n) is 3.74. The van der Waals surface area contributed by atoms with E-state index in [1.54, 1.807) is 6.26 Å². The first kappa shape index (κ1) is 25.9. The molecule has 0 aliphatic carbocycles. The smallest absolute Gasteiger partial charge is 0.196 e. The molecule has 1 fully saturated rings. The third-order valence-corrected chi connectivity index (χ3v) is 5.39. The normalized spacial score (nSPS) is 13.6. The average molecular weight is 575 g/mol. The Bertz CT molecular complexity index is 999. The van der Waals surface area contributed by atoms with Crippen LogP contribution in [0.3, 0.4) is 0 Å². The Labute approximate surface area is 219 Å². The number of halogens is 1. The third-order valence-electron chi connectivity index (χ3n) is 5.39. The third kappa shape index (κ3) is 7.93. The van der Waals surface area contributed by atoms with Crippen molar-refractivity contribution in [1.29, 1.82) is 0 Å². The minimum Gasteiger partial charge on any atom is -0.491 e. The van der Waals surface area contributed by atoms with Crippen molar-refractivity contribution in [2.75, 3.05) is 29.9 Å². The first-order valence-electron chi connectivity index (χ1n) is 11.7. The lowest BCUT2D eigenvalue weighted by Gasteiger charge is -2.16. The van der Waals surface area contributed by atoms with Crippen molar-refractivity contribution in [3.05, 3.63) is 72.3 Å². The van der Waals surface area contributed by atoms with Crippen LogP contribution in [-0.4, -0.2) is 36.7 Å². The molecule has 3 heterocycles. The first-order valence-corrected chi connectivity index (χ1v) is 11.7. The predicted octanol–water partition coefficient (Wildman–Crippen LogP) is 5.48. The van der Waals surface area contributed by atoms with Crippen molar-refractivity contribution < 1.29 is 9.15 Å². The molecule has 2 N–H and O–H groups in total. The number of pyridine rings is 1. The molecule has 1 aliphatic heterocycles. The van der Waals surface area contributed by atoms with Gasteiger partial charge in [0.2, 0.25) is 0 Å². The summed E-state index contributed by atoms with van der Waals surface area (Å²) in [6.07, 6.45) is 7.04. The van der Waals surface area contributed by atoms with Crippen molar-refractivity contribution in [2.45, 2.75) is 45.8 Å². The molecule has 1 aromatic carbocycles. The van der Waals surface area contributed by atoms with Gasteiger partial charge >= 0.3 is 0 Å². The van der Waals surface area contributed by atoms with Crippen molar-refractivity contribution >= 4 is 41.4 Å². The highest BCUT2D eigenvalue weighted by molar-refractivity contribution is 14.0. The molecule has 3 aromatic rings. The van der Waals surface area contributed by atoms with Gasteiger partial charge in [-0.25, -0.2) is 9.98 Å². The maximum absolute atomic E-state index is 5.74. The van der Waals surface area contributed by atoms with E-state index in [-0.39, 0.29) is 30.1 Å². The van der Waals surface area contributed by atoms with Crippen LogP contribution in [0, 0.1) is 0 Å². The first-order chi connectivity index (χ1) is 16.2. The summed E-state index contributed by atoms with van der Waals surface area (Å²) < 4.78 is 11.2. The zero-order valence-electron chi connectivity index (χ0n) is 19.9. The minimum atomic E-state index is 0. The van der Waals surface area contributed by atoms with Crippen LogP contribution in [-0.2, 0) is 13.0 Å². The summed E-state index contributed by atoms with van der Waals surface area (Å²) in [5, 5.41) is 6.79. The van der Waals surface area contributed by atoms with E-state index in [2.05, 4.69) is 32.7 Å². The Kier molecular flexibility index (Phi) is 10.1. The lowest BCUT2D eigenvalue weighted by atomic mass is 10.3. The number of hydrogen-bond acceptors (Lipinski definition) is 5. The van der Waals surface area contributed by atoms with Gasteiger partial charge in [-0.1, -0.05) is 6.07 Å². The van der Waals surface area contributed by atoms with Gasteiger partial charge in [0.25, 0.3) is 0 Å². The topological polar surface area (TPSA) is 74.9 Å². The van der Waals surface area contributed by atoms with Crippen LogP contribution in [0.25, 0.3) is 0 Å². The van der Waals surface area contributed by atoms with E-state index in [1.807, 2.05) is 56.4 Å². The van der Waals surface area contributed by atoms with Gasteiger partial charge in [0.15, 0.2) is 5.96 Å². The molecule has 0 bridgehead atoms. The van der Waals surface area contributed by atoms with Gasteiger partial charge in [0.1, 0.15) is 17.3 Å². The molecule has 1 saturated heterocycles. The van der Waals surface area contributed by atoms with Crippen LogP contribution in [0.4, 0.5) is 11.5 Å². The van der Waals surface area contributed by atoms with Gasteiger partial charge in [-0.2, -0.15) is 0 Å². The fraction of sp³-hybridized carbons (Fsp3) is 0.385. The number of rotatable bonds is 9. The summed E-state index contributed by atoms with van der Waals surface area (Å²) >= 11 is 0. The molecule has 182 valence electrons. The molecular formula is C26H34IN5O2. The maximum atomic E-state index is 5.74. The standard InChI is InChI=1S/C26H33N5O2.HI/c1-20(2)33-24-10-8-22(9-11-24)30-26(27-14-13-23-6-5-17-32-23)29-19-21-7-12-25(28-18-21)31-15-3-4-16-31;/h5-12,17-18,20H,3-4,13-16,19H2,1-2H3,(H2,27,29,30);1H. The van der Waals surface area contributed by atoms with Crippen LogP contribution in [0.15, 0.2) is 70.4 Å². The summed E-state index contributed by atoms with van der Waals surface area (Å²) in [6.45, 7) is 7.48. The second-order valence-electron chi connectivity index (χ2n) is 8.46. The number of guanidine groups is 1. The summed E-state index contributed by atoms with van der Waals surface area (Å²) in [6, 6.07) is 16.0. The van der Waals surface area contributed by atoms with E-state index in [9.17, 15) is 0 Å². The zero-order chi connectivity index (χ0) is 22.9. The molecule has 0 unspecified atom stereocenters. The van der Waals surface area contributed by atoms with E-state index in [0.717, 1.165) is 48.1 Å². The molecule has 8 heteroatoms.